The Hall–Kier alpha value is -1.96. The lowest BCUT2D eigenvalue weighted by atomic mass is 10.1. The molecule has 1 aromatic carbocycles. The summed E-state index contributed by atoms with van der Waals surface area (Å²) >= 11 is 0. The van der Waals surface area contributed by atoms with Gasteiger partial charge in [-0.3, -0.25) is 4.79 Å². The normalized spacial score (nSPS) is 18.5. The summed E-state index contributed by atoms with van der Waals surface area (Å²) in [5, 5.41) is 2.65. The maximum atomic E-state index is 12.1. The second-order valence-corrected chi connectivity index (χ2v) is 4.65. The third-order valence-corrected chi connectivity index (χ3v) is 3.01. The first-order valence-electron chi connectivity index (χ1n) is 6.40. The number of halogens is 3. The zero-order valence-corrected chi connectivity index (χ0v) is 11.1. The summed E-state index contributed by atoms with van der Waals surface area (Å²) in [4.78, 5) is 11.9. The Labute approximate surface area is 119 Å². The number of nitrogens with two attached hydrogens (primary N) is 1. The first kappa shape index (κ1) is 15.4. The molecule has 0 aromatic heterocycles. The summed E-state index contributed by atoms with van der Waals surface area (Å²) in [5.41, 5.74) is 5.37. The minimum absolute atomic E-state index is 0.0147. The zero-order valence-electron chi connectivity index (χ0n) is 11.1. The molecular weight excluding hydrogens is 289 g/mol. The highest BCUT2D eigenvalue weighted by atomic mass is 19.4. The number of amides is 1. The van der Waals surface area contributed by atoms with E-state index >= 15 is 0 Å². The Bertz CT molecular complexity index is 514. The molecule has 1 unspecified atom stereocenters. The van der Waals surface area contributed by atoms with Crippen LogP contribution in [0.5, 0.6) is 5.75 Å². The first-order valence-corrected chi connectivity index (χ1v) is 6.40. The lowest BCUT2D eigenvalue weighted by molar-refractivity contribution is -0.274. The molecule has 1 amide bonds. The standard InChI is InChI=1S/C13H15F3N2O3/c14-13(15,16)21-11-4-3-8(6-10(11)17)12(19)18-7-9-2-1-5-20-9/h3-4,6,9H,1-2,5,7,17H2,(H,18,19). The van der Waals surface area contributed by atoms with Crippen LogP contribution in [0.4, 0.5) is 18.9 Å². The van der Waals surface area contributed by atoms with E-state index in [9.17, 15) is 18.0 Å². The molecule has 1 atom stereocenters. The molecule has 1 saturated heterocycles. The van der Waals surface area contributed by atoms with Crippen molar-refractivity contribution in [2.75, 3.05) is 18.9 Å². The second-order valence-electron chi connectivity index (χ2n) is 4.65. The number of benzene rings is 1. The highest BCUT2D eigenvalue weighted by Crippen LogP contribution is 2.28. The van der Waals surface area contributed by atoms with E-state index in [0.29, 0.717) is 13.2 Å². The number of ether oxygens (including phenoxy) is 2. The van der Waals surface area contributed by atoms with Gasteiger partial charge in [-0.15, -0.1) is 13.2 Å². The average Bonchev–Trinajstić information content (AvgIpc) is 2.90. The van der Waals surface area contributed by atoms with Gasteiger partial charge in [-0.05, 0) is 31.0 Å². The third kappa shape index (κ3) is 4.52. The number of nitrogen functional groups attached to an aromatic ring is 1. The molecule has 1 aliphatic rings. The van der Waals surface area contributed by atoms with Gasteiger partial charge < -0.3 is 20.5 Å². The largest absolute Gasteiger partial charge is 0.573 e. The summed E-state index contributed by atoms with van der Waals surface area (Å²) in [6.07, 6.45) is -3.01. The predicted octanol–water partition coefficient (Wildman–Crippen LogP) is 2.08. The molecule has 0 bridgehead atoms. The number of carbonyl (C=O) groups excluding carboxylic acids is 1. The number of carbonyl (C=O) groups is 1. The van der Waals surface area contributed by atoms with E-state index in [-0.39, 0.29) is 17.4 Å². The van der Waals surface area contributed by atoms with Crippen molar-refractivity contribution in [3.05, 3.63) is 23.8 Å². The van der Waals surface area contributed by atoms with Gasteiger partial charge in [0, 0.05) is 18.7 Å². The Morgan fingerprint density at radius 3 is 2.81 bits per heavy atom. The molecule has 21 heavy (non-hydrogen) atoms. The molecule has 0 aliphatic carbocycles. The average molecular weight is 304 g/mol. The first-order chi connectivity index (χ1) is 9.85. The molecule has 1 heterocycles. The molecule has 1 aliphatic heterocycles. The van der Waals surface area contributed by atoms with Crippen LogP contribution in [0.15, 0.2) is 18.2 Å². The van der Waals surface area contributed by atoms with Crippen LogP contribution in [0.2, 0.25) is 0 Å². The monoisotopic (exact) mass is 304 g/mol. The third-order valence-electron chi connectivity index (χ3n) is 3.01. The Morgan fingerprint density at radius 2 is 2.24 bits per heavy atom. The number of anilines is 1. The van der Waals surface area contributed by atoms with Crippen molar-refractivity contribution in [2.45, 2.75) is 25.3 Å². The topological polar surface area (TPSA) is 73.6 Å². The minimum Gasteiger partial charge on any atom is -0.404 e. The van der Waals surface area contributed by atoms with Crippen LogP contribution in [0.1, 0.15) is 23.2 Å². The van der Waals surface area contributed by atoms with Gasteiger partial charge in [-0.2, -0.15) is 0 Å². The van der Waals surface area contributed by atoms with E-state index in [1.807, 2.05) is 0 Å². The van der Waals surface area contributed by atoms with E-state index in [1.165, 1.54) is 6.07 Å². The van der Waals surface area contributed by atoms with Gasteiger partial charge >= 0.3 is 6.36 Å². The Balaban J connectivity index is 1.96. The maximum Gasteiger partial charge on any atom is 0.573 e. The number of hydrogen-bond acceptors (Lipinski definition) is 4. The van der Waals surface area contributed by atoms with Crippen LogP contribution in [0.3, 0.4) is 0 Å². The minimum atomic E-state index is -4.82. The summed E-state index contributed by atoms with van der Waals surface area (Å²) in [6.45, 7) is 1.04. The van der Waals surface area contributed by atoms with Gasteiger partial charge in [0.1, 0.15) is 0 Å². The van der Waals surface area contributed by atoms with Crippen LogP contribution in [-0.2, 0) is 4.74 Å². The van der Waals surface area contributed by atoms with Crippen molar-refractivity contribution in [2.24, 2.45) is 0 Å². The second kappa shape index (κ2) is 6.21. The smallest absolute Gasteiger partial charge is 0.404 e. The number of alkyl halides is 3. The van der Waals surface area contributed by atoms with Crippen molar-refractivity contribution in [1.82, 2.24) is 5.32 Å². The van der Waals surface area contributed by atoms with Gasteiger partial charge in [0.15, 0.2) is 5.75 Å². The molecule has 0 spiro atoms. The lowest BCUT2D eigenvalue weighted by Crippen LogP contribution is -2.31. The molecule has 5 nitrogen and oxygen atoms in total. The lowest BCUT2D eigenvalue weighted by Gasteiger charge is -2.13. The molecule has 2 rings (SSSR count). The fourth-order valence-electron chi connectivity index (χ4n) is 2.02. The molecule has 1 fully saturated rings. The quantitative estimate of drug-likeness (QED) is 0.835. The summed E-state index contributed by atoms with van der Waals surface area (Å²) in [7, 11) is 0. The molecule has 8 heteroatoms. The van der Waals surface area contributed by atoms with Gasteiger partial charge in [-0.1, -0.05) is 0 Å². The van der Waals surface area contributed by atoms with E-state index in [2.05, 4.69) is 10.1 Å². The van der Waals surface area contributed by atoms with Crippen molar-refractivity contribution < 1.29 is 27.4 Å². The molecule has 116 valence electrons. The van der Waals surface area contributed by atoms with Crippen LogP contribution in [-0.4, -0.2) is 31.5 Å². The summed E-state index contributed by atoms with van der Waals surface area (Å²) < 4.78 is 45.4. The molecular formula is C13H15F3N2O3. The summed E-state index contributed by atoms with van der Waals surface area (Å²) in [5.74, 6) is -0.950. The van der Waals surface area contributed by atoms with Gasteiger partial charge in [-0.25, -0.2) is 0 Å². The molecule has 3 N–H and O–H groups in total. The number of nitrogens with one attached hydrogen (secondary N) is 1. The molecule has 0 radical (unpaired) electrons. The van der Waals surface area contributed by atoms with Crippen molar-refractivity contribution in [3.63, 3.8) is 0 Å². The Kier molecular flexibility index (Phi) is 4.56. The SMILES string of the molecule is Nc1cc(C(=O)NCC2CCCO2)ccc1OC(F)(F)F. The molecule has 0 saturated carbocycles. The van der Waals surface area contributed by atoms with Gasteiger partial charge in [0.05, 0.1) is 11.8 Å². The van der Waals surface area contributed by atoms with Crippen LogP contribution in [0, 0.1) is 0 Å². The zero-order chi connectivity index (χ0) is 15.5. The maximum absolute atomic E-state index is 12.1. The van der Waals surface area contributed by atoms with E-state index in [0.717, 1.165) is 25.0 Å². The Morgan fingerprint density at radius 1 is 1.48 bits per heavy atom. The van der Waals surface area contributed by atoms with Crippen molar-refractivity contribution in [1.29, 1.82) is 0 Å². The van der Waals surface area contributed by atoms with Crippen molar-refractivity contribution >= 4 is 11.6 Å². The predicted molar refractivity (Wildman–Crippen MR) is 68.8 cm³/mol. The van der Waals surface area contributed by atoms with Crippen LogP contribution < -0.4 is 15.8 Å². The fourth-order valence-corrected chi connectivity index (χ4v) is 2.02. The molecule has 1 aromatic rings. The van der Waals surface area contributed by atoms with Gasteiger partial charge in [0.2, 0.25) is 0 Å². The number of rotatable bonds is 4. The van der Waals surface area contributed by atoms with Crippen LogP contribution >= 0.6 is 0 Å². The van der Waals surface area contributed by atoms with E-state index < -0.39 is 18.0 Å². The summed E-state index contributed by atoms with van der Waals surface area (Å²) in [6, 6.07) is 3.39. The highest BCUT2D eigenvalue weighted by molar-refractivity contribution is 5.95. The van der Waals surface area contributed by atoms with Gasteiger partial charge in [0.25, 0.3) is 5.91 Å². The van der Waals surface area contributed by atoms with E-state index in [1.54, 1.807) is 0 Å². The fraction of sp³-hybridized carbons (Fsp3) is 0.462. The van der Waals surface area contributed by atoms with Crippen LogP contribution in [0.25, 0.3) is 0 Å². The highest BCUT2D eigenvalue weighted by Gasteiger charge is 2.32. The number of hydrogen-bond donors (Lipinski definition) is 2. The van der Waals surface area contributed by atoms with E-state index in [4.69, 9.17) is 10.5 Å². The van der Waals surface area contributed by atoms with Crippen molar-refractivity contribution in [3.8, 4) is 5.75 Å².